The summed E-state index contributed by atoms with van der Waals surface area (Å²) in [5, 5.41) is 2.46. The molecule has 7 nitrogen and oxygen atoms in total. The lowest BCUT2D eigenvalue weighted by Gasteiger charge is -2.33. The fraction of sp³-hybridized carbons (Fsp3) is 0.0789. The molecule has 0 N–H and O–H groups in total. The largest absolute Gasteiger partial charge is 0.456 e. The SMILES string of the molecule is Cc1c(-n2cnc(-c3ccccc3)c2)c(C)[n+]2n1-c1cccc3c1C21c2c(ccc4c5ccccc5n(c24)-c2cccc[n+]21)O3. The maximum Gasteiger partial charge on any atom is 0.398 e. The van der Waals surface area contributed by atoms with E-state index in [0.29, 0.717) is 0 Å². The lowest BCUT2D eigenvalue weighted by Crippen LogP contribution is -2.77. The predicted molar refractivity (Wildman–Crippen MR) is 171 cm³/mol. The Morgan fingerprint density at radius 1 is 0.756 bits per heavy atom. The molecule has 7 heterocycles. The second-order valence-corrected chi connectivity index (χ2v) is 12.2. The summed E-state index contributed by atoms with van der Waals surface area (Å²) in [7, 11) is 0. The standard InChI is InChI=1S/C38H26N6O/c1-23-36(40-21-28(39-22-40)25-11-4-3-5-12-25)24(2)44-38-34-30(43(23)44)15-10-16-31(34)45-32-19-18-27-26-13-6-7-14-29(26)42(37(27)35(32)38)33-17-8-9-20-41(33)38/h3-22H,1-2H3/q+2. The Hall–Kier alpha value is -5.95. The van der Waals surface area contributed by atoms with Crippen molar-refractivity contribution in [1.82, 2.24) is 18.8 Å². The first-order valence-electron chi connectivity index (χ1n) is 15.3. The third-order valence-electron chi connectivity index (χ3n) is 10.1. The number of fused-ring (bicyclic) bond motifs is 7. The number of aromatic nitrogens is 6. The van der Waals surface area contributed by atoms with E-state index in [-0.39, 0.29) is 0 Å². The molecular weight excluding hydrogens is 556 g/mol. The first kappa shape index (κ1) is 23.5. The van der Waals surface area contributed by atoms with Crippen LogP contribution in [0.5, 0.6) is 11.5 Å². The zero-order chi connectivity index (χ0) is 29.6. The molecule has 0 bridgehead atoms. The predicted octanol–water partition coefficient (Wildman–Crippen LogP) is 6.65. The maximum absolute atomic E-state index is 6.82. The van der Waals surface area contributed by atoms with Gasteiger partial charge in [-0.2, -0.15) is 9.13 Å². The van der Waals surface area contributed by atoms with Crippen LogP contribution in [0.4, 0.5) is 0 Å². The number of hydrogen-bond donors (Lipinski definition) is 0. The van der Waals surface area contributed by atoms with Crippen molar-refractivity contribution in [3.05, 3.63) is 144 Å². The van der Waals surface area contributed by atoms with E-state index in [1.807, 2.05) is 12.4 Å². The molecule has 11 rings (SSSR count). The highest BCUT2D eigenvalue weighted by molar-refractivity contribution is 6.11. The van der Waals surface area contributed by atoms with E-state index in [0.717, 1.165) is 62.5 Å². The minimum absolute atomic E-state index is 0.712. The van der Waals surface area contributed by atoms with Gasteiger partial charge in [0.1, 0.15) is 46.0 Å². The Bertz CT molecular complexity index is 2610. The monoisotopic (exact) mass is 582 g/mol. The number of pyridine rings is 1. The van der Waals surface area contributed by atoms with Gasteiger partial charge >= 0.3 is 5.66 Å². The van der Waals surface area contributed by atoms with Crippen molar-refractivity contribution < 1.29 is 14.0 Å². The van der Waals surface area contributed by atoms with E-state index in [1.165, 1.54) is 21.8 Å². The maximum atomic E-state index is 6.82. The summed E-state index contributed by atoms with van der Waals surface area (Å²) in [6.07, 6.45) is 6.32. The summed E-state index contributed by atoms with van der Waals surface area (Å²) >= 11 is 0. The van der Waals surface area contributed by atoms with Gasteiger partial charge in [0.15, 0.2) is 11.1 Å². The highest BCUT2D eigenvalue weighted by Gasteiger charge is 2.70. The molecule has 0 aliphatic carbocycles. The molecule has 3 aliphatic rings. The zero-order valence-corrected chi connectivity index (χ0v) is 24.6. The van der Waals surface area contributed by atoms with E-state index in [1.54, 1.807) is 0 Å². The second-order valence-electron chi connectivity index (χ2n) is 12.2. The summed E-state index contributed by atoms with van der Waals surface area (Å²) in [4.78, 5) is 4.84. The Kier molecular flexibility index (Phi) is 4.05. The molecule has 1 spiro atoms. The van der Waals surface area contributed by atoms with Crippen molar-refractivity contribution in [1.29, 1.82) is 0 Å². The summed E-state index contributed by atoms with van der Waals surface area (Å²) in [5.41, 5.74) is 10.6. The summed E-state index contributed by atoms with van der Waals surface area (Å²) in [6.45, 7) is 4.46. The average Bonchev–Trinajstić information content (AvgIpc) is 3.83. The average molecular weight is 583 g/mol. The molecule has 0 fully saturated rings. The third-order valence-corrected chi connectivity index (χ3v) is 10.1. The van der Waals surface area contributed by atoms with Gasteiger partial charge in [0, 0.05) is 35.5 Å². The normalized spacial score (nSPS) is 16.5. The minimum Gasteiger partial charge on any atom is -0.456 e. The van der Waals surface area contributed by atoms with Crippen LogP contribution in [0.15, 0.2) is 122 Å². The molecule has 0 radical (unpaired) electrons. The number of hydrogen-bond acceptors (Lipinski definition) is 2. The summed E-state index contributed by atoms with van der Waals surface area (Å²) < 4.78 is 18.8. The van der Waals surface area contributed by atoms with Crippen LogP contribution < -0.4 is 14.0 Å². The van der Waals surface area contributed by atoms with Crippen LogP contribution in [0.3, 0.4) is 0 Å². The molecule has 1 atom stereocenters. The van der Waals surface area contributed by atoms with Crippen LogP contribution in [0.25, 0.3) is 50.3 Å². The van der Waals surface area contributed by atoms with E-state index in [9.17, 15) is 0 Å². The van der Waals surface area contributed by atoms with Crippen LogP contribution in [-0.2, 0) is 5.66 Å². The highest BCUT2D eigenvalue weighted by Crippen LogP contribution is 2.55. The molecule has 0 saturated carbocycles. The van der Waals surface area contributed by atoms with Crippen molar-refractivity contribution >= 4 is 21.8 Å². The van der Waals surface area contributed by atoms with Gasteiger partial charge in [-0.3, -0.25) is 4.57 Å². The topological polar surface area (TPSA) is 44.7 Å². The number of imidazole rings is 1. The zero-order valence-electron chi connectivity index (χ0n) is 24.6. The molecule has 212 valence electrons. The Balaban J connectivity index is 1.32. The van der Waals surface area contributed by atoms with Crippen LogP contribution in [0.2, 0.25) is 0 Å². The molecule has 1 unspecified atom stereocenters. The van der Waals surface area contributed by atoms with Crippen LogP contribution in [-0.4, -0.2) is 18.8 Å². The van der Waals surface area contributed by atoms with Crippen molar-refractivity contribution in [3.8, 4) is 39.9 Å². The first-order chi connectivity index (χ1) is 22.2. The van der Waals surface area contributed by atoms with Gasteiger partial charge in [-0.15, -0.1) is 4.68 Å². The van der Waals surface area contributed by atoms with Gasteiger partial charge in [-0.25, -0.2) is 4.98 Å². The lowest BCUT2D eigenvalue weighted by atomic mass is 9.84. The number of rotatable bonds is 2. The van der Waals surface area contributed by atoms with E-state index < -0.39 is 5.66 Å². The Morgan fingerprint density at radius 3 is 2.49 bits per heavy atom. The van der Waals surface area contributed by atoms with E-state index >= 15 is 0 Å². The van der Waals surface area contributed by atoms with E-state index in [2.05, 4.69) is 146 Å². The Labute approximate surface area is 258 Å². The fourth-order valence-corrected chi connectivity index (χ4v) is 8.53. The molecular formula is C38H26N6O+2. The van der Waals surface area contributed by atoms with Crippen LogP contribution in [0, 0.1) is 13.8 Å². The smallest absolute Gasteiger partial charge is 0.398 e. The molecule has 8 aromatic rings. The van der Waals surface area contributed by atoms with Gasteiger partial charge in [0.2, 0.25) is 5.69 Å². The molecule has 7 heteroatoms. The number of nitrogens with zero attached hydrogens (tertiary/aromatic N) is 6. The van der Waals surface area contributed by atoms with Gasteiger partial charge < -0.3 is 4.74 Å². The third kappa shape index (κ3) is 2.52. The fourth-order valence-electron chi connectivity index (χ4n) is 8.53. The number of ether oxygens (including phenoxy) is 1. The molecule has 4 aromatic heterocycles. The molecule has 4 aromatic carbocycles. The number of benzene rings is 4. The second kappa shape index (κ2) is 7.76. The van der Waals surface area contributed by atoms with Gasteiger partial charge in [-0.1, -0.05) is 59.3 Å². The minimum atomic E-state index is -0.712. The Morgan fingerprint density at radius 2 is 1.58 bits per heavy atom. The van der Waals surface area contributed by atoms with Gasteiger partial charge in [-0.05, 0) is 49.4 Å². The molecule has 3 aliphatic heterocycles. The molecule has 45 heavy (non-hydrogen) atoms. The van der Waals surface area contributed by atoms with Crippen LogP contribution in [0.1, 0.15) is 22.5 Å². The summed E-state index contributed by atoms with van der Waals surface area (Å²) in [5.74, 6) is 2.88. The highest BCUT2D eigenvalue weighted by atomic mass is 16.5. The molecule has 0 saturated heterocycles. The first-order valence-corrected chi connectivity index (χ1v) is 15.3. The van der Waals surface area contributed by atoms with Crippen molar-refractivity contribution in [2.45, 2.75) is 19.5 Å². The van der Waals surface area contributed by atoms with Gasteiger partial charge in [0.05, 0.1) is 11.9 Å². The number of para-hydroxylation sites is 1. The van der Waals surface area contributed by atoms with E-state index in [4.69, 9.17) is 9.72 Å². The van der Waals surface area contributed by atoms with Crippen molar-refractivity contribution in [2.24, 2.45) is 0 Å². The quantitative estimate of drug-likeness (QED) is 0.214. The lowest BCUT2D eigenvalue weighted by molar-refractivity contribution is -0.995. The molecule has 0 amide bonds. The van der Waals surface area contributed by atoms with Crippen molar-refractivity contribution in [3.63, 3.8) is 0 Å². The summed E-state index contributed by atoms with van der Waals surface area (Å²) in [6, 6.07) is 36.5. The van der Waals surface area contributed by atoms with Crippen LogP contribution >= 0.6 is 0 Å². The van der Waals surface area contributed by atoms with Crippen molar-refractivity contribution in [2.75, 3.05) is 0 Å². The van der Waals surface area contributed by atoms with Gasteiger partial charge in [0.25, 0.3) is 5.82 Å².